The van der Waals surface area contributed by atoms with Gasteiger partial charge in [0, 0.05) is 50.0 Å². The van der Waals surface area contributed by atoms with Gasteiger partial charge in [-0.25, -0.2) is 4.98 Å². The van der Waals surface area contributed by atoms with Crippen LogP contribution in [0.3, 0.4) is 0 Å². The third-order valence-electron chi connectivity index (χ3n) is 5.57. The fraction of sp³-hybridized carbons (Fsp3) is 0.333. The number of hydrogen-bond donors (Lipinski definition) is 0. The van der Waals surface area contributed by atoms with Crippen molar-refractivity contribution in [1.29, 1.82) is 0 Å². The van der Waals surface area contributed by atoms with Crippen LogP contribution >= 0.6 is 22.9 Å². The predicted octanol–water partition coefficient (Wildman–Crippen LogP) is 3.73. The lowest BCUT2D eigenvalue weighted by Gasteiger charge is -2.43. The van der Waals surface area contributed by atoms with Gasteiger partial charge in [-0.05, 0) is 36.4 Å². The highest BCUT2D eigenvalue weighted by Gasteiger charge is 2.37. The monoisotopic (exact) mass is 412 g/mol. The molecule has 5 rings (SSSR count). The van der Waals surface area contributed by atoms with Crippen molar-refractivity contribution in [2.45, 2.75) is 0 Å². The first-order valence-electron chi connectivity index (χ1n) is 9.57. The number of amides is 1. The quantitative estimate of drug-likeness (QED) is 0.657. The molecule has 2 aliphatic rings. The molecule has 2 fully saturated rings. The van der Waals surface area contributed by atoms with Crippen molar-refractivity contribution < 1.29 is 4.79 Å². The minimum absolute atomic E-state index is 0.0918. The van der Waals surface area contributed by atoms with E-state index >= 15 is 0 Å². The maximum atomic E-state index is 12.9. The van der Waals surface area contributed by atoms with E-state index in [1.54, 1.807) is 11.3 Å². The molecule has 5 nitrogen and oxygen atoms in total. The lowest BCUT2D eigenvalue weighted by atomic mass is 9.99. The Hall–Kier alpha value is -2.31. The fourth-order valence-electron chi connectivity index (χ4n) is 3.88. The van der Waals surface area contributed by atoms with Crippen molar-refractivity contribution >= 4 is 49.9 Å². The van der Waals surface area contributed by atoms with Crippen molar-refractivity contribution in [3.63, 3.8) is 0 Å². The van der Waals surface area contributed by atoms with Gasteiger partial charge in [0.15, 0.2) is 5.13 Å². The molecule has 144 valence electrons. The van der Waals surface area contributed by atoms with Crippen molar-refractivity contribution in [2.24, 2.45) is 5.92 Å². The van der Waals surface area contributed by atoms with E-state index in [-0.39, 0.29) is 11.8 Å². The predicted molar refractivity (Wildman–Crippen MR) is 116 cm³/mol. The molecule has 0 bridgehead atoms. The summed E-state index contributed by atoms with van der Waals surface area (Å²) in [5.41, 5.74) is 2.21. The number of carbonyl (C=O) groups excluding carboxylic acids is 1. The molecule has 3 aromatic rings. The highest BCUT2D eigenvalue weighted by Crippen LogP contribution is 2.33. The second-order valence-electron chi connectivity index (χ2n) is 7.35. The zero-order valence-corrected chi connectivity index (χ0v) is 17.0. The summed E-state index contributed by atoms with van der Waals surface area (Å²) in [4.78, 5) is 24.1. The van der Waals surface area contributed by atoms with Gasteiger partial charge in [-0.3, -0.25) is 4.79 Å². The van der Waals surface area contributed by atoms with Crippen LogP contribution in [0.15, 0.2) is 48.5 Å². The summed E-state index contributed by atoms with van der Waals surface area (Å²) >= 11 is 7.68. The van der Waals surface area contributed by atoms with Crippen LogP contribution < -0.4 is 9.80 Å². The SMILES string of the molecule is O=C(C1CN(c2nc3ccccc3s2)C1)N1CCN(c2ccc(Cl)cc2)CC1. The smallest absolute Gasteiger partial charge is 0.229 e. The minimum Gasteiger partial charge on any atom is -0.368 e. The Morgan fingerprint density at radius 1 is 0.964 bits per heavy atom. The molecule has 2 aromatic carbocycles. The van der Waals surface area contributed by atoms with Gasteiger partial charge in [-0.2, -0.15) is 0 Å². The molecule has 0 radical (unpaired) electrons. The average Bonchev–Trinajstić information content (AvgIpc) is 3.11. The van der Waals surface area contributed by atoms with Crippen LogP contribution in [-0.4, -0.2) is 55.1 Å². The van der Waals surface area contributed by atoms with Gasteiger partial charge in [0.25, 0.3) is 0 Å². The van der Waals surface area contributed by atoms with Gasteiger partial charge in [0.1, 0.15) is 0 Å². The maximum absolute atomic E-state index is 12.9. The molecule has 0 aliphatic carbocycles. The van der Waals surface area contributed by atoms with E-state index < -0.39 is 0 Å². The van der Waals surface area contributed by atoms with Crippen molar-refractivity contribution in [2.75, 3.05) is 49.1 Å². The number of benzene rings is 2. The molecular weight excluding hydrogens is 392 g/mol. The summed E-state index contributed by atoms with van der Waals surface area (Å²) in [6, 6.07) is 16.1. The van der Waals surface area contributed by atoms with Gasteiger partial charge in [-0.15, -0.1) is 0 Å². The van der Waals surface area contributed by atoms with Gasteiger partial charge in [0.2, 0.25) is 5.91 Å². The Morgan fingerprint density at radius 2 is 1.68 bits per heavy atom. The zero-order chi connectivity index (χ0) is 19.1. The van der Waals surface area contributed by atoms with Crippen molar-refractivity contribution in [1.82, 2.24) is 9.88 Å². The molecule has 2 aliphatic heterocycles. The van der Waals surface area contributed by atoms with Crippen LogP contribution in [0.25, 0.3) is 10.2 Å². The second-order valence-corrected chi connectivity index (χ2v) is 8.80. The van der Waals surface area contributed by atoms with E-state index in [1.807, 2.05) is 47.4 Å². The molecule has 0 spiro atoms. The van der Waals surface area contributed by atoms with Crippen LogP contribution in [0.2, 0.25) is 5.02 Å². The molecule has 0 atom stereocenters. The van der Waals surface area contributed by atoms with Gasteiger partial charge < -0.3 is 14.7 Å². The number of hydrogen-bond acceptors (Lipinski definition) is 5. The van der Waals surface area contributed by atoms with Gasteiger partial charge in [0.05, 0.1) is 16.1 Å². The lowest BCUT2D eigenvalue weighted by molar-refractivity contribution is -0.136. The molecule has 1 aromatic heterocycles. The molecule has 0 unspecified atom stereocenters. The van der Waals surface area contributed by atoms with E-state index in [0.717, 1.165) is 54.9 Å². The first-order valence-corrected chi connectivity index (χ1v) is 10.8. The molecular formula is C21H21ClN4OS. The molecule has 7 heteroatoms. The number of nitrogens with zero attached hydrogens (tertiary/aromatic N) is 4. The third kappa shape index (κ3) is 3.31. The number of fused-ring (bicyclic) bond motifs is 1. The van der Waals surface area contributed by atoms with E-state index in [4.69, 9.17) is 16.6 Å². The fourth-order valence-corrected chi connectivity index (χ4v) is 4.99. The van der Waals surface area contributed by atoms with Gasteiger partial charge >= 0.3 is 0 Å². The van der Waals surface area contributed by atoms with Crippen LogP contribution in [0.1, 0.15) is 0 Å². The summed E-state index contributed by atoms with van der Waals surface area (Å²) < 4.78 is 1.20. The second kappa shape index (κ2) is 7.26. The summed E-state index contributed by atoms with van der Waals surface area (Å²) in [5, 5.41) is 1.78. The standard InChI is InChI=1S/C21H21ClN4OS/c22-16-5-7-17(8-6-16)24-9-11-25(12-10-24)20(27)15-13-26(14-15)21-23-18-3-1-2-4-19(18)28-21/h1-8,15H,9-14H2. The first-order chi connectivity index (χ1) is 13.7. The summed E-state index contributed by atoms with van der Waals surface area (Å²) in [5.74, 6) is 0.377. The number of piperazine rings is 1. The van der Waals surface area contributed by atoms with E-state index in [1.165, 1.54) is 10.4 Å². The first kappa shape index (κ1) is 17.8. The third-order valence-corrected chi connectivity index (χ3v) is 6.92. The Labute approximate surface area is 173 Å². The Balaban J connectivity index is 1.15. The number of carbonyl (C=O) groups is 1. The van der Waals surface area contributed by atoms with Gasteiger partial charge in [-0.1, -0.05) is 35.1 Å². The van der Waals surface area contributed by atoms with Crippen LogP contribution in [0.5, 0.6) is 0 Å². The Bertz CT molecular complexity index is 958. The van der Waals surface area contributed by atoms with Crippen LogP contribution in [-0.2, 0) is 4.79 Å². The van der Waals surface area contributed by atoms with Crippen LogP contribution in [0, 0.1) is 5.92 Å². The number of para-hydroxylation sites is 1. The largest absolute Gasteiger partial charge is 0.368 e. The average molecular weight is 413 g/mol. The summed E-state index contributed by atoms with van der Waals surface area (Å²) in [7, 11) is 0. The Morgan fingerprint density at radius 3 is 2.39 bits per heavy atom. The molecule has 0 N–H and O–H groups in total. The highest BCUT2D eigenvalue weighted by molar-refractivity contribution is 7.22. The lowest BCUT2D eigenvalue weighted by Crippen LogP contribution is -2.58. The molecule has 3 heterocycles. The maximum Gasteiger partial charge on any atom is 0.229 e. The normalized spacial score (nSPS) is 17.8. The Kier molecular flexibility index (Phi) is 4.61. The summed E-state index contributed by atoms with van der Waals surface area (Å²) in [6.07, 6.45) is 0. The molecule has 1 amide bonds. The number of halogens is 1. The molecule has 28 heavy (non-hydrogen) atoms. The van der Waals surface area contributed by atoms with Crippen molar-refractivity contribution in [3.05, 3.63) is 53.6 Å². The van der Waals surface area contributed by atoms with Crippen LogP contribution in [0.4, 0.5) is 10.8 Å². The summed E-state index contributed by atoms with van der Waals surface area (Å²) in [6.45, 7) is 4.83. The van der Waals surface area contributed by atoms with Crippen molar-refractivity contribution in [3.8, 4) is 0 Å². The molecule has 2 saturated heterocycles. The van der Waals surface area contributed by atoms with E-state index in [0.29, 0.717) is 0 Å². The highest BCUT2D eigenvalue weighted by atomic mass is 35.5. The van der Waals surface area contributed by atoms with E-state index in [2.05, 4.69) is 15.9 Å². The minimum atomic E-state index is 0.0918. The zero-order valence-electron chi connectivity index (χ0n) is 15.4. The number of anilines is 2. The number of rotatable bonds is 3. The molecule has 0 saturated carbocycles. The topological polar surface area (TPSA) is 39.7 Å². The van der Waals surface area contributed by atoms with E-state index in [9.17, 15) is 4.79 Å². The number of aromatic nitrogens is 1. The number of thiazole rings is 1.